The molecular formula is C17H13ClN4O. The van der Waals surface area contributed by atoms with Gasteiger partial charge in [0.1, 0.15) is 5.82 Å². The fourth-order valence-electron chi connectivity index (χ4n) is 2.73. The van der Waals surface area contributed by atoms with Crippen molar-refractivity contribution in [3.8, 4) is 5.69 Å². The number of fused-ring (bicyclic) bond motifs is 3. The fourth-order valence-corrected chi connectivity index (χ4v) is 2.91. The van der Waals surface area contributed by atoms with Crippen molar-refractivity contribution in [2.75, 3.05) is 0 Å². The molecule has 3 aromatic rings. The Labute approximate surface area is 137 Å². The van der Waals surface area contributed by atoms with Gasteiger partial charge in [0.2, 0.25) is 6.23 Å². The smallest absolute Gasteiger partial charge is 0.206 e. The van der Waals surface area contributed by atoms with Crippen LogP contribution in [-0.4, -0.2) is 25.6 Å². The third-order valence-corrected chi connectivity index (χ3v) is 3.94. The Kier molecular flexibility index (Phi) is 3.25. The summed E-state index contributed by atoms with van der Waals surface area (Å²) in [6, 6.07) is 15.2. The largest absolute Gasteiger partial charge is 0.365 e. The summed E-state index contributed by atoms with van der Waals surface area (Å²) in [5.41, 5.74) is 3.17. The van der Waals surface area contributed by atoms with Crippen molar-refractivity contribution in [2.45, 2.75) is 13.2 Å². The molecule has 0 radical (unpaired) electrons. The van der Waals surface area contributed by atoms with Crippen molar-refractivity contribution < 1.29 is 5.11 Å². The number of rotatable bonds is 1. The molecule has 6 heteroatoms. The molecular weight excluding hydrogens is 312 g/mol. The number of benzene rings is 2. The first-order chi connectivity index (χ1) is 11.1. The third-order valence-electron chi connectivity index (χ3n) is 3.71. The summed E-state index contributed by atoms with van der Waals surface area (Å²) >= 11 is 6.19. The van der Waals surface area contributed by atoms with E-state index in [2.05, 4.69) is 15.1 Å². The van der Waals surface area contributed by atoms with Gasteiger partial charge in [-0.2, -0.15) is 5.10 Å². The van der Waals surface area contributed by atoms with Gasteiger partial charge in [-0.05, 0) is 25.1 Å². The van der Waals surface area contributed by atoms with Crippen LogP contribution in [0.4, 0.5) is 0 Å². The van der Waals surface area contributed by atoms with Gasteiger partial charge in [0, 0.05) is 16.1 Å². The summed E-state index contributed by atoms with van der Waals surface area (Å²) in [5, 5.41) is 15.5. The summed E-state index contributed by atoms with van der Waals surface area (Å²) in [5.74, 6) is 0.982. The van der Waals surface area contributed by atoms with E-state index in [4.69, 9.17) is 11.6 Å². The molecule has 0 bridgehead atoms. The predicted molar refractivity (Wildman–Crippen MR) is 88.1 cm³/mol. The number of aromatic nitrogens is 3. The Morgan fingerprint density at radius 1 is 1.13 bits per heavy atom. The van der Waals surface area contributed by atoms with Gasteiger partial charge in [-0.25, -0.2) is 14.7 Å². The molecule has 0 aliphatic carbocycles. The van der Waals surface area contributed by atoms with Crippen LogP contribution < -0.4 is 0 Å². The summed E-state index contributed by atoms with van der Waals surface area (Å²) < 4.78 is 1.63. The van der Waals surface area contributed by atoms with Crippen molar-refractivity contribution in [2.24, 2.45) is 4.99 Å². The van der Waals surface area contributed by atoms with E-state index < -0.39 is 6.23 Å². The molecule has 0 saturated carbocycles. The monoisotopic (exact) mass is 324 g/mol. The SMILES string of the molecule is Cc1nc2n(n1)-c1ccc(Cl)cc1C(c1ccccc1)=NC2O. The minimum absolute atomic E-state index is 0.400. The van der Waals surface area contributed by atoms with Crippen LogP contribution in [0.5, 0.6) is 0 Å². The first kappa shape index (κ1) is 14.1. The van der Waals surface area contributed by atoms with E-state index in [0.29, 0.717) is 22.4 Å². The van der Waals surface area contributed by atoms with Crippen LogP contribution in [0.15, 0.2) is 53.5 Å². The minimum Gasteiger partial charge on any atom is -0.365 e. The predicted octanol–water partition coefficient (Wildman–Crippen LogP) is 3.07. The van der Waals surface area contributed by atoms with Gasteiger partial charge in [-0.3, -0.25) is 0 Å². The zero-order valence-corrected chi connectivity index (χ0v) is 13.1. The molecule has 0 spiro atoms. The lowest BCUT2D eigenvalue weighted by Gasteiger charge is -2.11. The van der Waals surface area contributed by atoms with Crippen LogP contribution in [0.25, 0.3) is 5.69 Å². The van der Waals surface area contributed by atoms with E-state index in [1.807, 2.05) is 42.5 Å². The summed E-state index contributed by atoms with van der Waals surface area (Å²) in [6.45, 7) is 1.78. The first-order valence-corrected chi connectivity index (χ1v) is 7.56. The van der Waals surface area contributed by atoms with Gasteiger partial charge in [0.15, 0.2) is 5.82 Å². The Morgan fingerprint density at radius 2 is 1.91 bits per heavy atom. The van der Waals surface area contributed by atoms with Gasteiger partial charge >= 0.3 is 0 Å². The van der Waals surface area contributed by atoms with Crippen molar-refractivity contribution in [3.05, 3.63) is 76.3 Å². The number of aryl methyl sites for hydroxylation is 1. The maximum absolute atomic E-state index is 10.5. The van der Waals surface area contributed by atoms with Crippen LogP contribution >= 0.6 is 11.6 Å². The standard InChI is InChI=1S/C17H13ClN4O/c1-10-19-16-17(23)20-15(11-5-3-2-4-6-11)13-9-12(18)7-8-14(13)22(16)21-10/h2-9,17,23H,1H3. The van der Waals surface area contributed by atoms with Crippen LogP contribution in [0.1, 0.15) is 29.0 Å². The zero-order chi connectivity index (χ0) is 16.0. The van der Waals surface area contributed by atoms with Crippen molar-refractivity contribution in [1.29, 1.82) is 0 Å². The van der Waals surface area contributed by atoms with E-state index in [0.717, 1.165) is 16.8 Å². The van der Waals surface area contributed by atoms with Crippen molar-refractivity contribution >= 4 is 17.3 Å². The highest BCUT2D eigenvalue weighted by atomic mass is 35.5. The third kappa shape index (κ3) is 2.34. The van der Waals surface area contributed by atoms with Crippen LogP contribution in [0, 0.1) is 6.92 Å². The lowest BCUT2D eigenvalue weighted by molar-refractivity contribution is 0.176. The molecule has 1 aliphatic rings. The molecule has 0 amide bonds. The molecule has 2 aromatic carbocycles. The number of aliphatic imine (C=N–C) groups is 1. The highest BCUT2D eigenvalue weighted by Gasteiger charge is 2.26. The van der Waals surface area contributed by atoms with Crippen molar-refractivity contribution in [1.82, 2.24) is 14.8 Å². The van der Waals surface area contributed by atoms with Gasteiger partial charge < -0.3 is 5.11 Å². The highest BCUT2D eigenvalue weighted by Crippen LogP contribution is 2.30. The summed E-state index contributed by atoms with van der Waals surface area (Å²) in [4.78, 5) is 8.78. The molecule has 1 unspecified atom stereocenters. The molecule has 114 valence electrons. The molecule has 1 aliphatic heterocycles. The minimum atomic E-state index is -1.09. The molecule has 1 N–H and O–H groups in total. The molecule has 2 heterocycles. The Balaban J connectivity index is 2.04. The number of hydrogen-bond donors (Lipinski definition) is 1. The van der Waals surface area contributed by atoms with E-state index in [-0.39, 0.29) is 0 Å². The number of nitrogens with zero attached hydrogens (tertiary/aromatic N) is 4. The lowest BCUT2D eigenvalue weighted by Crippen LogP contribution is -2.08. The van der Waals surface area contributed by atoms with Crippen LogP contribution in [-0.2, 0) is 0 Å². The molecule has 1 atom stereocenters. The van der Waals surface area contributed by atoms with Gasteiger partial charge in [0.25, 0.3) is 0 Å². The van der Waals surface area contributed by atoms with E-state index in [9.17, 15) is 5.11 Å². The lowest BCUT2D eigenvalue weighted by atomic mass is 10.0. The Hall–Kier alpha value is -2.50. The number of halogens is 1. The van der Waals surface area contributed by atoms with E-state index in [1.54, 1.807) is 17.7 Å². The maximum Gasteiger partial charge on any atom is 0.206 e. The normalized spacial score (nSPS) is 16.3. The highest BCUT2D eigenvalue weighted by molar-refractivity contribution is 6.31. The fraction of sp³-hybridized carbons (Fsp3) is 0.118. The van der Waals surface area contributed by atoms with Crippen LogP contribution in [0.2, 0.25) is 5.02 Å². The van der Waals surface area contributed by atoms with Gasteiger partial charge in [0.05, 0.1) is 11.4 Å². The van der Waals surface area contributed by atoms with Crippen LogP contribution in [0.3, 0.4) is 0 Å². The number of aliphatic hydroxyl groups excluding tert-OH is 1. The maximum atomic E-state index is 10.5. The van der Waals surface area contributed by atoms with E-state index >= 15 is 0 Å². The molecule has 4 rings (SSSR count). The first-order valence-electron chi connectivity index (χ1n) is 7.18. The van der Waals surface area contributed by atoms with E-state index in [1.165, 1.54) is 0 Å². The molecule has 0 fully saturated rings. The number of aliphatic hydroxyl groups is 1. The average molecular weight is 325 g/mol. The zero-order valence-electron chi connectivity index (χ0n) is 12.3. The average Bonchev–Trinajstić information content (AvgIpc) is 2.90. The second-order valence-corrected chi connectivity index (χ2v) is 5.74. The molecule has 23 heavy (non-hydrogen) atoms. The quantitative estimate of drug-likeness (QED) is 0.748. The second kappa shape index (κ2) is 5.30. The van der Waals surface area contributed by atoms with Crippen molar-refractivity contribution in [3.63, 3.8) is 0 Å². The number of hydrogen-bond acceptors (Lipinski definition) is 4. The Morgan fingerprint density at radius 3 is 2.70 bits per heavy atom. The summed E-state index contributed by atoms with van der Waals surface area (Å²) in [6.07, 6.45) is -1.09. The second-order valence-electron chi connectivity index (χ2n) is 5.31. The Bertz CT molecular complexity index is 918. The van der Waals surface area contributed by atoms with Gasteiger partial charge in [-0.1, -0.05) is 41.9 Å². The summed E-state index contributed by atoms with van der Waals surface area (Å²) in [7, 11) is 0. The topological polar surface area (TPSA) is 63.3 Å². The molecule has 5 nitrogen and oxygen atoms in total. The molecule has 0 saturated heterocycles. The molecule has 1 aromatic heterocycles. The van der Waals surface area contributed by atoms with Gasteiger partial charge in [-0.15, -0.1) is 0 Å².